The number of allylic oxidation sites excluding steroid dienone is 1. The Hall–Kier alpha value is -3.17. The van der Waals surface area contributed by atoms with E-state index in [1.165, 1.54) is 11.3 Å². The molecule has 1 aliphatic rings. The van der Waals surface area contributed by atoms with Gasteiger partial charge in [-0.15, -0.1) is 11.3 Å². The molecular weight excluding hydrogens is 404 g/mol. The topological polar surface area (TPSA) is 89.7 Å². The molecule has 1 aliphatic heterocycles. The second-order valence-corrected chi connectivity index (χ2v) is 7.65. The number of nitrogens with one attached hydrogen (secondary N) is 1. The molecule has 4 rings (SSSR count). The summed E-state index contributed by atoms with van der Waals surface area (Å²) in [6, 6.07) is 10.8. The molecule has 0 aliphatic carbocycles. The fraction of sp³-hybridized carbons (Fsp3) is 0.286. The Morgan fingerprint density at radius 1 is 1.27 bits per heavy atom. The third-order valence-electron chi connectivity index (χ3n) is 4.94. The molecule has 9 heteroatoms. The van der Waals surface area contributed by atoms with E-state index in [4.69, 9.17) is 14.0 Å². The van der Waals surface area contributed by atoms with E-state index >= 15 is 0 Å². The quantitative estimate of drug-likeness (QED) is 0.615. The number of benzene rings is 1. The standard InChI is InChI=1S/C21H22N4O4S/c1-13-17(20-23-19(24-29-20)16-8-5-11-30-16)18(14-6-4-7-15(12-14)28-3)22-21(26)25(13)9-10-27-2/h4-8,11-12,18H,9-10H2,1-3H3,(H,22,26). The molecule has 0 saturated heterocycles. The summed E-state index contributed by atoms with van der Waals surface area (Å²) in [5, 5.41) is 9.17. The maximum Gasteiger partial charge on any atom is 0.322 e. The summed E-state index contributed by atoms with van der Waals surface area (Å²) in [5.74, 6) is 1.58. The minimum absolute atomic E-state index is 0.209. The number of methoxy groups -OCH3 is 2. The molecule has 30 heavy (non-hydrogen) atoms. The molecule has 8 nitrogen and oxygen atoms in total. The van der Waals surface area contributed by atoms with Crippen LogP contribution in [0.4, 0.5) is 4.79 Å². The average molecular weight is 426 g/mol. The van der Waals surface area contributed by atoms with Crippen LogP contribution in [0.2, 0.25) is 0 Å². The van der Waals surface area contributed by atoms with Crippen molar-refractivity contribution >= 4 is 22.9 Å². The Balaban J connectivity index is 1.80. The van der Waals surface area contributed by atoms with Gasteiger partial charge in [0.1, 0.15) is 5.75 Å². The van der Waals surface area contributed by atoms with Crippen molar-refractivity contribution < 1.29 is 18.8 Å². The highest BCUT2D eigenvalue weighted by molar-refractivity contribution is 7.13. The van der Waals surface area contributed by atoms with E-state index in [0.717, 1.165) is 21.7 Å². The summed E-state index contributed by atoms with van der Waals surface area (Å²) < 4.78 is 16.2. The number of hydrogen-bond donors (Lipinski definition) is 1. The van der Waals surface area contributed by atoms with Gasteiger partial charge in [-0.05, 0) is 36.1 Å². The van der Waals surface area contributed by atoms with E-state index in [2.05, 4.69) is 15.5 Å². The predicted octanol–water partition coefficient (Wildman–Crippen LogP) is 3.95. The monoisotopic (exact) mass is 426 g/mol. The number of rotatable bonds is 7. The Morgan fingerprint density at radius 3 is 2.87 bits per heavy atom. The van der Waals surface area contributed by atoms with Gasteiger partial charge in [-0.1, -0.05) is 23.4 Å². The minimum Gasteiger partial charge on any atom is -0.497 e. The van der Waals surface area contributed by atoms with Gasteiger partial charge in [0.2, 0.25) is 5.82 Å². The lowest BCUT2D eigenvalue weighted by atomic mass is 9.94. The molecule has 0 bridgehead atoms. The number of nitrogens with zero attached hydrogens (tertiary/aromatic N) is 3. The lowest BCUT2D eigenvalue weighted by molar-refractivity contribution is 0.158. The van der Waals surface area contributed by atoms with Crippen LogP contribution in [0, 0.1) is 0 Å². The van der Waals surface area contributed by atoms with Gasteiger partial charge in [-0.25, -0.2) is 4.79 Å². The lowest BCUT2D eigenvalue weighted by Gasteiger charge is -2.35. The molecule has 156 valence electrons. The van der Waals surface area contributed by atoms with Crippen LogP contribution < -0.4 is 10.1 Å². The summed E-state index contributed by atoms with van der Waals surface area (Å²) in [4.78, 5) is 20.0. The minimum atomic E-state index is -0.456. The van der Waals surface area contributed by atoms with Crippen molar-refractivity contribution in [2.24, 2.45) is 0 Å². The number of thiophene rings is 1. The zero-order valence-corrected chi connectivity index (χ0v) is 17.7. The van der Waals surface area contributed by atoms with E-state index in [1.807, 2.05) is 48.7 Å². The molecule has 1 aromatic carbocycles. The summed E-state index contributed by atoms with van der Waals surface area (Å²) in [7, 11) is 3.21. The zero-order valence-electron chi connectivity index (χ0n) is 16.9. The van der Waals surface area contributed by atoms with Crippen LogP contribution in [0.1, 0.15) is 24.4 Å². The van der Waals surface area contributed by atoms with Gasteiger partial charge in [0.05, 0.1) is 36.8 Å². The van der Waals surface area contributed by atoms with Gasteiger partial charge in [0, 0.05) is 12.8 Å². The van der Waals surface area contributed by atoms with Crippen LogP contribution in [0.25, 0.3) is 16.3 Å². The van der Waals surface area contributed by atoms with Gasteiger partial charge >= 0.3 is 6.03 Å². The van der Waals surface area contributed by atoms with Crippen LogP contribution in [-0.2, 0) is 4.74 Å². The first kappa shape index (κ1) is 20.1. The van der Waals surface area contributed by atoms with Crippen LogP contribution in [-0.4, -0.2) is 48.4 Å². The molecule has 0 radical (unpaired) electrons. The highest BCUT2D eigenvalue weighted by Crippen LogP contribution is 2.38. The first-order valence-electron chi connectivity index (χ1n) is 9.42. The van der Waals surface area contributed by atoms with E-state index in [-0.39, 0.29) is 6.03 Å². The summed E-state index contributed by atoms with van der Waals surface area (Å²) in [6.07, 6.45) is 0. The molecule has 1 N–H and O–H groups in total. The van der Waals surface area contributed by atoms with E-state index in [0.29, 0.717) is 30.6 Å². The first-order chi connectivity index (χ1) is 14.6. The number of ether oxygens (including phenoxy) is 2. The summed E-state index contributed by atoms with van der Waals surface area (Å²) in [6.45, 7) is 2.70. The average Bonchev–Trinajstić information content (AvgIpc) is 3.45. The van der Waals surface area contributed by atoms with Crippen molar-refractivity contribution in [3.63, 3.8) is 0 Å². The largest absolute Gasteiger partial charge is 0.497 e. The van der Waals surface area contributed by atoms with Gasteiger partial charge in [-0.2, -0.15) is 4.98 Å². The van der Waals surface area contributed by atoms with E-state index in [9.17, 15) is 4.79 Å². The molecular formula is C21H22N4O4S. The van der Waals surface area contributed by atoms with Gasteiger partial charge < -0.3 is 19.3 Å². The van der Waals surface area contributed by atoms with Crippen LogP contribution in [0.5, 0.6) is 5.75 Å². The molecule has 3 heterocycles. The van der Waals surface area contributed by atoms with Crippen molar-refractivity contribution in [1.29, 1.82) is 0 Å². The number of aromatic nitrogens is 2. The maximum absolute atomic E-state index is 12.8. The van der Waals surface area contributed by atoms with Crippen molar-refractivity contribution in [3.05, 3.63) is 58.9 Å². The second kappa shape index (κ2) is 8.68. The van der Waals surface area contributed by atoms with Crippen LogP contribution in [0.15, 0.2) is 52.0 Å². The molecule has 1 unspecified atom stereocenters. The van der Waals surface area contributed by atoms with Gasteiger partial charge in [-0.3, -0.25) is 4.90 Å². The SMILES string of the molecule is COCCN1C(=O)NC(c2cccc(OC)c2)C(c2nc(-c3cccs3)no2)=C1C. The summed E-state index contributed by atoms with van der Waals surface area (Å²) >= 11 is 1.54. The molecule has 0 fully saturated rings. The summed E-state index contributed by atoms with van der Waals surface area (Å²) in [5.41, 5.74) is 2.35. The third kappa shape index (κ3) is 3.81. The second-order valence-electron chi connectivity index (χ2n) is 6.70. The van der Waals surface area contributed by atoms with E-state index in [1.54, 1.807) is 19.1 Å². The lowest BCUT2D eigenvalue weighted by Crippen LogP contribution is -2.47. The Morgan fingerprint density at radius 2 is 2.13 bits per heavy atom. The van der Waals surface area contributed by atoms with Crippen LogP contribution in [0.3, 0.4) is 0 Å². The van der Waals surface area contributed by atoms with Crippen molar-refractivity contribution in [2.45, 2.75) is 13.0 Å². The number of carbonyl (C=O) groups excluding carboxylic acids is 1. The Kier molecular flexibility index (Phi) is 5.82. The molecule has 2 aromatic heterocycles. The number of urea groups is 1. The van der Waals surface area contributed by atoms with Crippen molar-refractivity contribution in [3.8, 4) is 16.5 Å². The Bertz CT molecular complexity index is 1060. The zero-order chi connectivity index (χ0) is 21.1. The maximum atomic E-state index is 12.8. The molecule has 3 aromatic rings. The normalized spacial score (nSPS) is 16.7. The molecule has 0 spiro atoms. The van der Waals surface area contributed by atoms with E-state index < -0.39 is 6.04 Å². The van der Waals surface area contributed by atoms with Gasteiger partial charge in [0.15, 0.2) is 0 Å². The molecule has 2 amide bonds. The van der Waals surface area contributed by atoms with Gasteiger partial charge in [0.25, 0.3) is 5.89 Å². The third-order valence-corrected chi connectivity index (χ3v) is 5.81. The first-order valence-corrected chi connectivity index (χ1v) is 10.3. The highest BCUT2D eigenvalue weighted by Gasteiger charge is 2.35. The van der Waals surface area contributed by atoms with Crippen molar-refractivity contribution in [1.82, 2.24) is 20.4 Å². The number of hydrogen-bond acceptors (Lipinski definition) is 7. The highest BCUT2D eigenvalue weighted by atomic mass is 32.1. The number of carbonyl (C=O) groups is 1. The Labute approximate surface area is 178 Å². The molecule has 0 saturated carbocycles. The smallest absolute Gasteiger partial charge is 0.322 e. The fourth-order valence-electron chi connectivity index (χ4n) is 3.42. The molecule has 1 atom stereocenters. The number of amides is 2. The van der Waals surface area contributed by atoms with Crippen molar-refractivity contribution in [2.75, 3.05) is 27.4 Å². The van der Waals surface area contributed by atoms with Crippen LogP contribution >= 0.6 is 11.3 Å². The fourth-order valence-corrected chi connectivity index (χ4v) is 4.07. The predicted molar refractivity (Wildman–Crippen MR) is 113 cm³/mol.